The lowest BCUT2D eigenvalue weighted by Crippen LogP contribution is -2.42. The Kier molecular flexibility index (Phi) is 2.92. The van der Waals surface area contributed by atoms with E-state index in [4.69, 9.17) is 4.74 Å². The van der Waals surface area contributed by atoms with Crippen LogP contribution in [0.3, 0.4) is 0 Å². The lowest BCUT2D eigenvalue weighted by molar-refractivity contribution is -0.129. The normalized spacial score (nSPS) is 37.6. The summed E-state index contributed by atoms with van der Waals surface area (Å²) < 4.78 is 5.37. The number of fused-ring (bicyclic) bond motifs is 5. The molecule has 1 aromatic rings. The maximum atomic E-state index is 12.3. The highest BCUT2D eigenvalue weighted by atomic mass is 16.5. The van der Waals surface area contributed by atoms with E-state index in [0.717, 1.165) is 37.4 Å². The molecule has 4 rings (SSSR count). The van der Waals surface area contributed by atoms with Crippen molar-refractivity contribution in [1.82, 2.24) is 0 Å². The Hall–Kier alpha value is -1.31. The van der Waals surface area contributed by atoms with Crippen LogP contribution < -0.4 is 4.74 Å². The topological polar surface area (TPSA) is 26.3 Å². The lowest BCUT2D eigenvalue weighted by Gasteiger charge is -2.48. The first-order valence-corrected chi connectivity index (χ1v) is 8.33. The Morgan fingerprint density at radius 2 is 2.05 bits per heavy atom. The molecule has 0 unspecified atom stereocenters. The molecule has 2 saturated carbocycles. The van der Waals surface area contributed by atoms with Gasteiger partial charge in [-0.15, -0.1) is 0 Å². The molecule has 0 bridgehead atoms. The van der Waals surface area contributed by atoms with E-state index in [9.17, 15) is 4.79 Å². The van der Waals surface area contributed by atoms with Gasteiger partial charge in [-0.2, -0.15) is 0 Å². The predicted molar refractivity (Wildman–Crippen MR) is 82.6 cm³/mol. The van der Waals surface area contributed by atoms with Crippen molar-refractivity contribution in [2.45, 2.75) is 51.4 Å². The van der Waals surface area contributed by atoms with Gasteiger partial charge in [-0.3, -0.25) is 4.79 Å². The summed E-state index contributed by atoms with van der Waals surface area (Å²) in [6.07, 6.45) is 6.61. The second-order valence-corrected chi connectivity index (χ2v) is 7.40. The zero-order valence-corrected chi connectivity index (χ0v) is 13.0. The molecule has 0 aliphatic heterocycles. The average molecular weight is 284 g/mol. The van der Waals surface area contributed by atoms with Crippen LogP contribution in [-0.4, -0.2) is 12.9 Å². The van der Waals surface area contributed by atoms with Gasteiger partial charge in [0.25, 0.3) is 0 Å². The maximum absolute atomic E-state index is 12.3. The van der Waals surface area contributed by atoms with Gasteiger partial charge in [-0.1, -0.05) is 13.0 Å². The van der Waals surface area contributed by atoms with Crippen LogP contribution in [0.15, 0.2) is 18.2 Å². The van der Waals surface area contributed by atoms with Crippen LogP contribution >= 0.6 is 0 Å². The molecule has 21 heavy (non-hydrogen) atoms. The molecule has 0 amide bonds. The van der Waals surface area contributed by atoms with Gasteiger partial charge in [-0.05, 0) is 73.1 Å². The molecule has 0 aromatic heterocycles. The number of ether oxygens (including phenoxy) is 1. The third kappa shape index (κ3) is 1.81. The van der Waals surface area contributed by atoms with E-state index >= 15 is 0 Å². The van der Waals surface area contributed by atoms with Gasteiger partial charge in [0, 0.05) is 11.8 Å². The monoisotopic (exact) mass is 284 g/mol. The van der Waals surface area contributed by atoms with Gasteiger partial charge >= 0.3 is 0 Å². The minimum absolute atomic E-state index is 0.00879. The molecular weight excluding hydrogens is 260 g/mol. The molecule has 2 fully saturated rings. The first kappa shape index (κ1) is 13.4. The molecule has 112 valence electrons. The number of carbonyl (C=O) groups is 1. The summed E-state index contributed by atoms with van der Waals surface area (Å²) in [7, 11) is 1.74. The fraction of sp³-hybridized carbons (Fsp3) is 0.632. The van der Waals surface area contributed by atoms with Gasteiger partial charge in [0.05, 0.1) is 7.11 Å². The zero-order chi connectivity index (χ0) is 14.6. The van der Waals surface area contributed by atoms with Crippen molar-refractivity contribution in [3.05, 3.63) is 29.3 Å². The van der Waals surface area contributed by atoms with Crippen molar-refractivity contribution in [3.8, 4) is 5.75 Å². The molecule has 0 radical (unpaired) electrons. The SMILES string of the molecule is COc1ccc2c(c1)CC[C@@H]1[C@H]3CCC(=O)[C@@]3(C)CC[C@@H]21. The van der Waals surface area contributed by atoms with Crippen LogP contribution in [0.1, 0.15) is 56.1 Å². The molecule has 3 aliphatic carbocycles. The maximum Gasteiger partial charge on any atom is 0.139 e. The molecule has 3 aliphatic rings. The number of hydrogen-bond acceptors (Lipinski definition) is 2. The van der Waals surface area contributed by atoms with Crippen LogP contribution in [0.2, 0.25) is 0 Å². The van der Waals surface area contributed by atoms with Crippen molar-refractivity contribution in [2.75, 3.05) is 7.11 Å². The van der Waals surface area contributed by atoms with Gasteiger partial charge in [0.2, 0.25) is 0 Å². The molecule has 0 N–H and O–H groups in total. The highest BCUT2D eigenvalue weighted by Gasteiger charge is 2.54. The number of ketones is 1. The van der Waals surface area contributed by atoms with E-state index in [1.807, 2.05) is 0 Å². The van der Waals surface area contributed by atoms with Gasteiger partial charge in [0.15, 0.2) is 0 Å². The number of hydrogen-bond donors (Lipinski definition) is 0. The Labute approximate surface area is 126 Å². The highest BCUT2D eigenvalue weighted by molar-refractivity contribution is 5.87. The van der Waals surface area contributed by atoms with Crippen molar-refractivity contribution in [1.29, 1.82) is 0 Å². The zero-order valence-electron chi connectivity index (χ0n) is 13.0. The number of rotatable bonds is 1. The number of carbonyl (C=O) groups excluding carboxylic acids is 1. The van der Waals surface area contributed by atoms with Crippen LogP contribution in [0.25, 0.3) is 0 Å². The standard InChI is InChI=1S/C19H24O2/c1-19-10-9-15-14-6-4-13(21-2)11-12(14)3-5-16(15)17(19)7-8-18(19)20/h4,6,11,15-17H,3,5,7-10H2,1-2H3/t15-,16-,17+,19-/m0/s1. The molecule has 2 nitrogen and oxygen atoms in total. The first-order valence-electron chi connectivity index (χ1n) is 8.33. The van der Waals surface area contributed by atoms with E-state index in [0.29, 0.717) is 17.6 Å². The highest BCUT2D eigenvalue weighted by Crippen LogP contribution is 2.59. The van der Waals surface area contributed by atoms with Crippen molar-refractivity contribution in [2.24, 2.45) is 17.3 Å². The summed E-state index contributed by atoms with van der Waals surface area (Å²) in [6, 6.07) is 6.61. The Bertz CT molecular complexity index is 591. The van der Waals surface area contributed by atoms with Crippen molar-refractivity contribution in [3.63, 3.8) is 0 Å². The Morgan fingerprint density at radius 3 is 2.86 bits per heavy atom. The summed E-state index contributed by atoms with van der Waals surface area (Å²) in [6.45, 7) is 2.24. The van der Waals surface area contributed by atoms with E-state index in [1.54, 1.807) is 7.11 Å². The average Bonchev–Trinajstić information content (AvgIpc) is 2.82. The fourth-order valence-corrected chi connectivity index (χ4v) is 5.46. The molecular formula is C19H24O2. The second-order valence-electron chi connectivity index (χ2n) is 7.40. The van der Waals surface area contributed by atoms with Gasteiger partial charge < -0.3 is 4.74 Å². The van der Waals surface area contributed by atoms with Crippen LogP contribution in [-0.2, 0) is 11.2 Å². The first-order chi connectivity index (χ1) is 10.1. The van der Waals surface area contributed by atoms with Crippen LogP contribution in [0.4, 0.5) is 0 Å². The summed E-state index contributed by atoms with van der Waals surface area (Å²) in [5.74, 6) is 3.52. The number of methoxy groups -OCH3 is 1. The quantitative estimate of drug-likeness (QED) is 0.775. The van der Waals surface area contributed by atoms with Crippen molar-refractivity contribution < 1.29 is 9.53 Å². The van der Waals surface area contributed by atoms with E-state index in [2.05, 4.69) is 25.1 Å². The van der Waals surface area contributed by atoms with E-state index in [-0.39, 0.29) is 5.41 Å². The van der Waals surface area contributed by atoms with Crippen molar-refractivity contribution >= 4 is 5.78 Å². The van der Waals surface area contributed by atoms with Gasteiger partial charge in [0.1, 0.15) is 11.5 Å². The molecule has 1 aromatic carbocycles. The minimum Gasteiger partial charge on any atom is -0.497 e. The molecule has 4 atom stereocenters. The van der Waals surface area contributed by atoms with E-state index < -0.39 is 0 Å². The largest absolute Gasteiger partial charge is 0.497 e. The van der Waals surface area contributed by atoms with Crippen LogP contribution in [0, 0.1) is 17.3 Å². The Morgan fingerprint density at radius 1 is 1.19 bits per heavy atom. The summed E-state index contributed by atoms with van der Waals surface area (Å²) >= 11 is 0. The fourth-order valence-electron chi connectivity index (χ4n) is 5.46. The molecule has 0 saturated heterocycles. The molecule has 0 heterocycles. The van der Waals surface area contributed by atoms with Crippen LogP contribution in [0.5, 0.6) is 5.75 Å². The lowest BCUT2D eigenvalue weighted by atomic mass is 9.55. The van der Waals surface area contributed by atoms with Gasteiger partial charge in [-0.25, -0.2) is 0 Å². The number of aryl methyl sites for hydroxylation is 1. The molecule has 0 spiro atoms. The minimum atomic E-state index is -0.00879. The number of Topliss-reactive ketones (excluding diaryl/α,β-unsaturated/α-hetero) is 1. The smallest absolute Gasteiger partial charge is 0.139 e. The summed E-state index contributed by atoms with van der Waals surface area (Å²) in [5, 5.41) is 0. The Balaban J connectivity index is 1.70. The third-order valence-corrected chi connectivity index (χ3v) is 6.64. The summed E-state index contributed by atoms with van der Waals surface area (Å²) in [5.41, 5.74) is 3.00. The third-order valence-electron chi connectivity index (χ3n) is 6.64. The number of benzene rings is 1. The molecule has 2 heteroatoms. The summed E-state index contributed by atoms with van der Waals surface area (Å²) in [4.78, 5) is 12.3. The predicted octanol–water partition coefficient (Wildman–Crippen LogP) is 4.12. The van der Waals surface area contributed by atoms with E-state index in [1.165, 1.54) is 24.0 Å². The second kappa shape index (κ2) is 4.59.